The lowest BCUT2D eigenvalue weighted by atomic mass is 9.87. The number of phosphoric acid groups is 3. The van der Waals surface area contributed by atoms with Gasteiger partial charge >= 0.3 is 23.5 Å². The molecule has 0 radical (unpaired) electrons. The van der Waals surface area contributed by atoms with Crippen LogP contribution >= 0.6 is 23.5 Å². The van der Waals surface area contributed by atoms with Crippen LogP contribution in [-0.4, -0.2) is 68.6 Å². The number of anilines is 1. The Bertz CT molecular complexity index is 1150. The number of ether oxygens (including phenoxy) is 1. The van der Waals surface area contributed by atoms with Crippen molar-refractivity contribution in [1.29, 1.82) is 0 Å². The number of aliphatic hydroxyl groups is 1. The normalized spacial score (nSPS) is 30.3. The lowest BCUT2D eigenvalue weighted by Crippen LogP contribution is -2.50. The summed E-state index contributed by atoms with van der Waals surface area (Å²) in [5, 5.41) is 14.5. The average Bonchev–Trinajstić information content (AvgIpc) is 3.11. The van der Waals surface area contributed by atoms with Gasteiger partial charge in [0, 0.05) is 5.56 Å². The number of phosphoric ester groups is 1. The molecule has 32 heavy (non-hydrogen) atoms. The average molecular weight is 520 g/mol. The summed E-state index contributed by atoms with van der Waals surface area (Å²) in [5.74, 6) is 0.0164. The van der Waals surface area contributed by atoms with Gasteiger partial charge < -0.3 is 40.9 Å². The van der Waals surface area contributed by atoms with Gasteiger partial charge in [-0.05, 0) is 6.92 Å². The maximum absolute atomic E-state index is 11.9. The van der Waals surface area contributed by atoms with Crippen LogP contribution in [0.2, 0.25) is 0 Å². The summed E-state index contributed by atoms with van der Waals surface area (Å²) in [4.78, 5) is 43.6. The Morgan fingerprint density at radius 3 is 2.47 bits per heavy atom. The number of nitrogens with zero attached hydrogens (tertiary/aromatic N) is 4. The molecule has 9 N–H and O–H groups in total. The fraction of sp³-hybridized carbons (Fsp3) is 0.545. The first-order valence-corrected chi connectivity index (χ1v) is 12.9. The molecule has 180 valence electrons. The molecule has 2 aromatic rings. The second-order valence-corrected chi connectivity index (χ2v) is 11.2. The minimum atomic E-state index is -5.69. The third-order valence-corrected chi connectivity index (χ3v) is 8.13. The smallest absolute Gasteiger partial charge is 0.388 e. The van der Waals surface area contributed by atoms with Crippen molar-refractivity contribution in [3.05, 3.63) is 18.1 Å². The van der Waals surface area contributed by atoms with E-state index in [1.165, 1.54) is 24.0 Å². The molecular weight excluding hydrogens is 501 g/mol. The second kappa shape index (κ2) is 8.45. The van der Waals surface area contributed by atoms with Crippen LogP contribution in [0, 0.1) is 0 Å². The molecule has 0 amide bonds. The molecule has 0 saturated carbocycles. The van der Waals surface area contributed by atoms with Crippen molar-refractivity contribution < 1.29 is 56.3 Å². The van der Waals surface area contributed by atoms with Crippen LogP contribution in [0.15, 0.2) is 12.5 Å². The van der Waals surface area contributed by atoms with Gasteiger partial charge in [-0.25, -0.2) is 23.7 Å². The van der Waals surface area contributed by atoms with Gasteiger partial charge in [0.25, 0.3) is 0 Å². The van der Waals surface area contributed by atoms with Crippen LogP contribution in [0.4, 0.5) is 5.95 Å². The van der Waals surface area contributed by atoms with Gasteiger partial charge in [-0.1, -0.05) is 0 Å². The highest BCUT2D eigenvalue weighted by molar-refractivity contribution is 7.66. The second-order valence-electron chi connectivity index (χ2n) is 6.82. The molecule has 0 spiro atoms. The van der Waals surface area contributed by atoms with Crippen LogP contribution in [0.3, 0.4) is 0 Å². The number of fused-ring (bicyclic) bond motifs is 1. The fourth-order valence-electron chi connectivity index (χ4n) is 3.00. The number of hydrogen-bond donors (Lipinski definition) is 7. The van der Waals surface area contributed by atoms with Crippen molar-refractivity contribution >= 4 is 35.1 Å². The lowest BCUT2D eigenvalue weighted by molar-refractivity contribution is -0.0218. The number of aliphatic hydroxyl groups excluding tert-OH is 1. The predicted octanol–water partition coefficient (Wildman–Crippen LogP) is -1.43. The summed E-state index contributed by atoms with van der Waals surface area (Å²) < 4.78 is 52.5. The minimum absolute atomic E-state index is 0.0164. The summed E-state index contributed by atoms with van der Waals surface area (Å²) in [6, 6.07) is 0. The van der Waals surface area contributed by atoms with Gasteiger partial charge in [0.2, 0.25) is 5.95 Å². The molecule has 1 aliphatic rings. The topological polar surface area (TPSA) is 284 Å². The van der Waals surface area contributed by atoms with Crippen LogP contribution < -0.4 is 11.5 Å². The highest BCUT2D eigenvalue weighted by atomic mass is 31.3. The van der Waals surface area contributed by atoms with E-state index in [0.29, 0.717) is 5.56 Å². The van der Waals surface area contributed by atoms with E-state index in [1.54, 1.807) is 0 Å². The zero-order valence-corrected chi connectivity index (χ0v) is 18.7. The number of hydrogen-bond acceptors (Lipinski definition) is 13. The minimum Gasteiger partial charge on any atom is -0.388 e. The van der Waals surface area contributed by atoms with E-state index >= 15 is 0 Å². The molecule has 2 unspecified atom stereocenters. The van der Waals surface area contributed by atoms with Crippen molar-refractivity contribution in [2.24, 2.45) is 5.73 Å². The fourth-order valence-corrected chi connectivity index (χ4v) is 6.02. The van der Waals surface area contributed by atoms with Crippen molar-refractivity contribution in [3.8, 4) is 0 Å². The van der Waals surface area contributed by atoms with Gasteiger partial charge in [-0.3, -0.25) is 4.52 Å². The van der Waals surface area contributed by atoms with Crippen molar-refractivity contribution in [2.75, 3.05) is 12.3 Å². The Kier molecular flexibility index (Phi) is 6.67. The Morgan fingerprint density at radius 1 is 1.19 bits per heavy atom. The van der Waals surface area contributed by atoms with Crippen molar-refractivity contribution in [2.45, 2.75) is 30.8 Å². The molecular formula is C11H19N6O12P3. The highest BCUT2D eigenvalue weighted by Crippen LogP contribution is 2.66. The van der Waals surface area contributed by atoms with E-state index in [2.05, 4.69) is 28.2 Å². The number of aromatic nitrogens is 4. The van der Waals surface area contributed by atoms with E-state index in [1.807, 2.05) is 0 Å². The standard InChI is InChI=1S/C11H19N6O12P3/c1-11(13)7(18)6(3-26-31(22,23)29-32(24,25)28-30(19,20)21)27-8(11)5-2-16-17-9(5)14-4-15-10(17)12/h2,4,6-8,18H,3,13H2,1H3,(H,22,23)(H,24,25)(H2,12,14,15)(H2,19,20,21)/t6-,7-,8-,11-/m1/s1. The van der Waals surface area contributed by atoms with Crippen molar-refractivity contribution in [1.82, 2.24) is 19.6 Å². The molecule has 21 heteroatoms. The summed E-state index contributed by atoms with van der Waals surface area (Å²) >= 11 is 0. The van der Waals surface area contributed by atoms with Crippen LogP contribution in [0.1, 0.15) is 18.6 Å². The van der Waals surface area contributed by atoms with Gasteiger partial charge in [0.1, 0.15) is 24.6 Å². The zero-order valence-electron chi connectivity index (χ0n) is 16.0. The molecule has 3 heterocycles. The largest absolute Gasteiger partial charge is 0.490 e. The Hall–Kier alpha value is -1.36. The number of nitrogen functional groups attached to an aromatic ring is 1. The molecule has 0 aromatic carbocycles. The Labute approximate surface area is 178 Å². The van der Waals surface area contributed by atoms with Crippen LogP contribution in [-0.2, 0) is 31.6 Å². The van der Waals surface area contributed by atoms with Gasteiger partial charge in [0.05, 0.1) is 18.3 Å². The molecule has 0 bridgehead atoms. The maximum atomic E-state index is 11.9. The first-order chi connectivity index (χ1) is 14.5. The highest BCUT2D eigenvalue weighted by Gasteiger charge is 2.53. The molecule has 2 aromatic heterocycles. The lowest BCUT2D eigenvalue weighted by Gasteiger charge is -2.27. The molecule has 3 rings (SSSR count). The summed E-state index contributed by atoms with van der Waals surface area (Å²) in [6.45, 7) is 0.533. The predicted molar refractivity (Wildman–Crippen MR) is 101 cm³/mol. The Balaban J connectivity index is 1.74. The molecule has 18 nitrogen and oxygen atoms in total. The summed E-state index contributed by atoms with van der Waals surface area (Å²) in [7, 11) is -16.6. The van der Waals surface area contributed by atoms with E-state index in [9.17, 15) is 28.6 Å². The van der Waals surface area contributed by atoms with Gasteiger partial charge in [0.15, 0.2) is 5.65 Å². The first-order valence-electron chi connectivity index (χ1n) is 8.37. The SMILES string of the molecule is C[C@]1(N)[C@@H](c2cnn3c(N)ncnc23)O[C@H](COP(=O)(O)OP(=O)(O)OP(=O)(O)O)[C@H]1O. The number of rotatable bonds is 8. The maximum Gasteiger partial charge on any atom is 0.490 e. The van der Waals surface area contributed by atoms with Crippen LogP contribution in [0.25, 0.3) is 5.65 Å². The number of nitrogens with two attached hydrogens (primary N) is 2. The van der Waals surface area contributed by atoms with E-state index < -0.39 is 53.9 Å². The Morgan fingerprint density at radius 2 is 1.84 bits per heavy atom. The molecule has 0 aliphatic carbocycles. The van der Waals surface area contributed by atoms with Crippen molar-refractivity contribution in [3.63, 3.8) is 0 Å². The zero-order chi connectivity index (χ0) is 24.1. The molecule has 1 aliphatic heterocycles. The molecule has 1 saturated heterocycles. The quantitative estimate of drug-likeness (QED) is 0.196. The summed E-state index contributed by atoms with van der Waals surface area (Å²) in [6.07, 6.45) is -1.41. The van der Waals surface area contributed by atoms with Crippen LogP contribution in [0.5, 0.6) is 0 Å². The summed E-state index contributed by atoms with van der Waals surface area (Å²) in [5.41, 5.74) is 10.9. The van der Waals surface area contributed by atoms with Gasteiger partial charge in [-0.2, -0.15) is 18.2 Å². The third-order valence-electron chi connectivity index (χ3n) is 4.32. The molecule has 1 fully saturated rings. The van der Waals surface area contributed by atoms with E-state index in [-0.39, 0.29) is 11.6 Å². The third kappa shape index (κ3) is 5.40. The van der Waals surface area contributed by atoms with Gasteiger partial charge in [-0.15, -0.1) is 0 Å². The van der Waals surface area contributed by atoms with E-state index in [0.717, 1.165) is 0 Å². The molecule has 6 atom stereocenters. The first kappa shape index (κ1) is 25.3. The monoisotopic (exact) mass is 520 g/mol. The van der Waals surface area contributed by atoms with E-state index in [4.69, 9.17) is 26.0 Å².